The quantitative estimate of drug-likeness (QED) is 0.463. The fraction of sp³-hybridized carbons (Fsp3) is 0.519. The van der Waals surface area contributed by atoms with Gasteiger partial charge in [0.05, 0.1) is 6.54 Å². The number of anilines is 1. The first kappa shape index (κ1) is 27.4. The number of nitrogens with zero attached hydrogens (tertiary/aromatic N) is 2. The van der Waals surface area contributed by atoms with Gasteiger partial charge in [0.25, 0.3) is 0 Å². The van der Waals surface area contributed by atoms with Crippen LogP contribution in [0, 0.1) is 0 Å². The summed E-state index contributed by atoms with van der Waals surface area (Å²) in [6.45, 7) is 19.5. The maximum atomic E-state index is 13.3. The summed E-state index contributed by atoms with van der Waals surface area (Å²) < 4.78 is 4.25. The first-order valence-corrected chi connectivity index (χ1v) is 12.5. The van der Waals surface area contributed by atoms with Crippen LogP contribution < -0.4 is 10.2 Å². The second kappa shape index (κ2) is 12.6. The summed E-state index contributed by atoms with van der Waals surface area (Å²) in [6, 6.07) is 7.35. The van der Waals surface area contributed by atoms with Crippen molar-refractivity contribution in [2.45, 2.75) is 50.1 Å². The Labute approximate surface area is 204 Å². The van der Waals surface area contributed by atoms with Gasteiger partial charge in [0.15, 0.2) is 0 Å². The van der Waals surface area contributed by atoms with Crippen molar-refractivity contribution in [1.82, 2.24) is 10.2 Å². The second-order valence-corrected chi connectivity index (χ2v) is 10.6. The lowest BCUT2D eigenvalue weighted by molar-refractivity contribution is -0.120. The molecule has 33 heavy (non-hydrogen) atoms. The molecule has 0 aromatic heterocycles. The molecule has 3 rings (SSSR count). The predicted octanol–water partition coefficient (Wildman–Crippen LogP) is 4.65. The molecule has 182 valence electrons. The van der Waals surface area contributed by atoms with E-state index in [0.717, 1.165) is 36.6 Å². The van der Waals surface area contributed by atoms with E-state index < -0.39 is 0 Å². The van der Waals surface area contributed by atoms with Crippen LogP contribution in [0.2, 0.25) is 0 Å². The van der Waals surface area contributed by atoms with E-state index in [1.54, 1.807) is 32.1 Å². The number of carbonyl (C=O) groups excluding carboxylic acids is 1. The largest absolute Gasteiger partial charge is 0.388 e. The topological polar surface area (TPSA) is 44.8 Å². The molecule has 1 aromatic carbocycles. The standard InChI is InChI=1S/C25H35N3OS.C2H6O/c1-7-9-20(8-2)16-30-21-10-11-22-23(12-21)28(17-25(22,5)6)24(29)15-27-14-18(3)26-13-19(27)4;1-3-2/h7-12,18-19,26H,1-2,13-17H2,3-6H3;1-2H3/b20-9+;/t18-,19+;/m1./s1. The van der Waals surface area contributed by atoms with Crippen LogP contribution in [0.1, 0.15) is 33.3 Å². The van der Waals surface area contributed by atoms with Crippen molar-refractivity contribution in [2.24, 2.45) is 0 Å². The third kappa shape index (κ3) is 7.31. The lowest BCUT2D eigenvalue weighted by atomic mass is 9.87. The summed E-state index contributed by atoms with van der Waals surface area (Å²) in [4.78, 5) is 18.8. The monoisotopic (exact) mass is 471 g/mol. The van der Waals surface area contributed by atoms with E-state index in [9.17, 15) is 4.79 Å². The summed E-state index contributed by atoms with van der Waals surface area (Å²) in [5.74, 6) is 1.03. The van der Waals surface area contributed by atoms with Crippen molar-refractivity contribution in [3.8, 4) is 0 Å². The normalized spacial score (nSPS) is 22.2. The van der Waals surface area contributed by atoms with Gasteiger partial charge in [-0.3, -0.25) is 9.69 Å². The zero-order valence-electron chi connectivity index (χ0n) is 21.2. The van der Waals surface area contributed by atoms with E-state index in [2.05, 4.69) is 74.0 Å². The van der Waals surface area contributed by atoms with Crippen molar-refractivity contribution >= 4 is 23.4 Å². The SMILES string of the molecule is C=C/C=C(\C=C)CSc1ccc2c(c1)N(C(=O)CN1C[C@@H](C)NC[C@@H]1C)CC2(C)C.COC. The number of nitrogens with one attached hydrogen (secondary N) is 1. The number of rotatable bonds is 7. The van der Waals surface area contributed by atoms with Crippen LogP contribution in [0.4, 0.5) is 5.69 Å². The molecule has 0 radical (unpaired) electrons. The van der Waals surface area contributed by atoms with Crippen molar-refractivity contribution in [3.63, 3.8) is 0 Å². The highest BCUT2D eigenvalue weighted by Gasteiger charge is 2.39. The molecule has 2 atom stereocenters. The fourth-order valence-corrected chi connectivity index (χ4v) is 5.16. The van der Waals surface area contributed by atoms with Crippen LogP contribution in [-0.4, -0.2) is 69.0 Å². The molecule has 1 aromatic rings. The molecule has 0 unspecified atom stereocenters. The third-order valence-electron chi connectivity index (χ3n) is 6.07. The number of carbonyl (C=O) groups is 1. The van der Waals surface area contributed by atoms with Gasteiger partial charge in [-0.05, 0) is 37.1 Å². The summed E-state index contributed by atoms with van der Waals surface area (Å²) in [5.41, 5.74) is 3.43. The molecule has 0 bridgehead atoms. The molecule has 6 heteroatoms. The summed E-state index contributed by atoms with van der Waals surface area (Å²) >= 11 is 1.77. The number of hydrogen-bond donors (Lipinski definition) is 1. The molecular weight excluding hydrogens is 430 g/mol. The van der Waals surface area contributed by atoms with Gasteiger partial charge in [-0.15, -0.1) is 11.8 Å². The summed E-state index contributed by atoms with van der Waals surface area (Å²) in [7, 11) is 3.25. The minimum atomic E-state index is -0.0361. The van der Waals surface area contributed by atoms with E-state index in [0.29, 0.717) is 18.6 Å². The fourth-order valence-electron chi connectivity index (χ4n) is 4.25. The highest BCUT2D eigenvalue weighted by Crippen LogP contribution is 2.42. The molecule has 5 nitrogen and oxygen atoms in total. The van der Waals surface area contributed by atoms with Crippen LogP contribution in [0.3, 0.4) is 0 Å². The Bertz CT molecular complexity index is 865. The number of benzene rings is 1. The first-order valence-electron chi connectivity index (χ1n) is 11.6. The molecule has 1 fully saturated rings. The van der Waals surface area contributed by atoms with Gasteiger partial charge in [0, 0.05) is 67.7 Å². The van der Waals surface area contributed by atoms with E-state index in [4.69, 9.17) is 0 Å². The Morgan fingerprint density at radius 1 is 1.30 bits per heavy atom. The molecule has 1 saturated heterocycles. The highest BCUT2D eigenvalue weighted by molar-refractivity contribution is 7.99. The smallest absolute Gasteiger partial charge is 0.241 e. The second-order valence-electron chi connectivity index (χ2n) is 9.51. The maximum absolute atomic E-state index is 13.3. The number of methoxy groups -OCH3 is 1. The van der Waals surface area contributed by atoms with Gasteiger partial charge < -0.3 is 15.0 Å². The van der Waals surface area contributed by atoms with Crippen LogP contribution in [-0.2, 0) is 14.9 Å². The molecule has 0 saturated carbocycles. The van der Waals surface area contributed by atoms with Gasteiger partial charge in [-0.25, -0.2) is 0 Å². The van der Waals surface area contributed by atoms with Gasteiger partial charge in [0.1, 0.15) is 0 Å². The molecule has 0 spiro atoms. The lowest BCUT2D eigenvalue weighted by Gasteiger charge is -2.37. The van der Waals surface area contributed by atoms with Crippen molar-refractivity contribution < 1.29 is 9.53 Å². The van der Waals surface area contributed by atoms with E-state index in [1.807, 2.05) is 17.1 Å². The molecular formula is C27H41N3O2S. The lowest BCUT2D eigenvalue weighted by Crippen LogP contribution is -2.56. The number of ether oxygens (including phenoxy) is 1. The van der Waals surface area contributed by atoms with Crippen LogP contribution >= 0.6 is 11.8 Å². The van der Waals surface area contributed by atoms with Crippen molar-refractivity contribution in [1.29, 1.82) is 0 Å². The Balaban J connectivity index is 0.00000122. The maximum Gasteiger partial charge on any atom is 0.241 e. The number of fused-ring (bicyclic) bond motifs is 1. The van der Waals surface area contributed by atoms with Gasteiger partial charge in [-0.1, -0.05) is 51.3 Å². The number of amides is 1. The molecule has 1 amide bonds. The van der Waals surface area contributed by atoms with E-state index in [-0.39, 0.29) is 11.3 Å². The average Bonchev–Trinajstić information content (AvgIpc) is 3.04. The molecule has 2 aliphatic heterocycles. The zero-order valence-corrected chi connectivity index (χ0v) is 22.0. The Hall–Kier alpha value is -1.86. The van der Waals surface area contributed by atoms with Crippen LogP contribution in [0.15, 0.2) is 60.1 Å². The average molecular weight is 472 g/mol. The minimum absolute atomic E-state index is 0.0361. The Morgan fingerprint density at radius 3 is 2.64 bits per heavy atom. The predicted molar refractivity (Wildman–Crippen MR) is 142 cm³/mol. The number of allylic oxidation sites excluding steroid dienone is 3. The van der Waals surface area contributed by atoms with Gasteiger partial charge in [-0.2, -0.15) is 0 Å². The van der Waals surface area contributed by atoms with Crippen molar-refractivity contribution in [2.75, 3.05) is 51.1 Å². The van der Waals surface area contributed by atoms with E-state index in [1.165, 1.54) is 10.5 Å². The molecule has 1 N–H and O–H groups in total. The van der Waals surface area contributed by atoms with Crippen molar-refractivity contribution in [3.05, 3.63) is 60.7 Å². The van der Waals surface area contributed by atoms with Gasteiger partial charge >= 0.3 is 0 Å². The highest BCUT2D eigenvalue weighted by atomic mass is 32.2. The number of hydrogen-bond acceptors (Lipinski definition) is 5. The summed E-state index contributed by atoms with van der Waals surface area (Å²) in [6.07, 6.45) is 5.65. The van der Waals surface area contributed by atoms with Crippen LogP contribution in [0.25, 0.3) is 0 Å². The summed E-state index contributed by atoms with van der Waals surface area (Å²) in [5, 5.41) is 3.49. The molecule has 0 aliphatic carbocycles. The minimum Gasteiger partial charge on any atom is -0.388 e. The zero-order chi connectivity index (χ0) is 24.6. The third-order valence-corrected chi connectivity index (χ3v) is 7.14. The van der Waals surface area contributed by atoms with Gasteiger partial charge in [0.2, 0.25) is 5.91 Å². The number of piperazine rings is 1. The van der Waals surface area contributed by atoms with E-state index >= 15 is 0 Å². The van der Waals surface area contributed by atoms with Crippen LogP contribution in [0.5, 0.6) is 0 Å². The first-order chi connectivity index (χ1) is 15.7. The Kier molecular flexibility index (Phi) is 10.4. The number of thioether (sulfide) groups is 1. The molecule has 2 heterocycles. The Morgan fingerprint density at radius 2 is 2.00 bits per heavy atom. The molecule has 2 aliphatic rings.